The van der Waals surface area contributed by atoms with Crippen LogP contribution in [0.25, 0.3) is 0 Å². The van der Waals surface area contributed by atoms with Gasteiger partial charge in [-0.3, -0.25) is 9.59 Å². The highest BCUT2D eigenvalue weighted by atomic mass is 16.5. The summed E-state index contributed by atoms with van der Waals surface area (Å²) in [6.45, 7) is 5.66. The van der Waals surface area contributed by atoms with Crippen LogP contribution in [-0.4, -0.2) is 36.4 Å². The predicted molar refractivity (Wildman–Crippen MR) is 106 cm³/mol. The van der Waals surface area contributed by atoms with Gasteiger partial charge in [-0.1, -0.05) is 31.2 Å². The molecule has 27 heavy (non-hydrogen) atoms. The number of amides is 2. The fraction of sp³-hybridized carbons (Fsp3) is 0.364. The average Bonchev–Trinajstić information content (AvgIpc) is 2.67. The standard InChI is InChI=1S/C22H26N2O3/c1-16-10-12-24(13-11-16)22(26)18-7-5-8-19(14-18)23-21(25)15-27-20-9-4-3-6-17(20)2/h3-9,14,16H,10-13,15H2,1-2H3,(H,23,25). The Morgan fingerprint density at radius 2 is 1.85 bits per heavy atom. The molecule has 0 spiro atoms. The quantitative estimate of drug-likeness (QED) is 0.873. The molecule has 1 N–H and O–H groups in total. The van der Waals surface area contributed by atoms with Gasteiger partial charge in [-0.2, -0.15) is 0 Å². The fourth-order valence-corrected chi connectivity index (χ4v) is 3.18. The molecule has 1 fully saturated rings. The molecule has 2 aromatic rings. The van der Waals surface area contributed by atoms with Crippen LogP contribution in [0.5, 0.6) is 5.75 Å². The van der Waals surface area contributed by atoms with Crippen molar-refractivity contribution in [3.63, 3.8) is 0 Å². The second-order valence-electron chi connectivity index (χ2n) is 7.16. The minimum Gasteiger partial charge on any atom is -0.483 e. The number of carbonyl (C=O) groups excluding carboxylic acids is 2. The zero-order valence-corrected chi connectivity index (χ0v) is 15.9. The van der Waals surface area contributed by atoms with E-state index in [0.717, 1.165) is 31.5 Å². The van der Waals surface area contributed by atoms with Crippen LogP contribution in [0, 0.1) is 12.8 Å². The molecule has 0 unspecified atom stereocenters. The minimum atomic E-state index is -0.255. The van der Waals surface area contributed by atoms with Crippen LogP contribution in [0.1, 0.15) is 35.7 Å². The van der Waals surface area contributed by atoms with Crippen LogP contribution in [0.3, 0.4) is 0 Å². The maximum Gasteiger partial charge on any atom is 0.262 e. The van der Waals surface area contributed by atoms with Gasteiger partial charge in [0, 0.05) is 24.3 Å². The normalized spacial score (nSPS) is 14.7. The van der Waals surface area contributed by atoms with Crippen molar-refractivity contribution < 1.29 is 14.3 Å². The summed E-state index contributed by atoms with van der Waals surface area (Å²) in [4.78, 5) is 26.8. The molecule has 0 aromatic heterocycles. The van der Waals surface area contributed by atoms with Crippen LogP contribution in [0.2, 0.25) is 0 Å². The third kappa shape index (κ3) is 5.09. The lowest BCUT2D eigenvalue weighted by Gasteiger charge is -2.30. The van der Waals surface area contributed by atoms with E-state index in [1.807, 2.05) is 36.1 Å². The van der Waals surface area contributed by atoms with Crippen molar-refractivity contribution in [3.05, 3.63) is 59.7 Å². The molecule has 2 aromatic carbocycles. The SMILES string of the molecule is Cc1ccccc1OCC(=O)Nc1cccc(C(=O)N2CCC(C)CC2)c1. The highest BCUT2D eigenvalue weighted by Gasteiger charge is 2.21. The van der Waals surface area contributed by atoms with Crippen molar-refractivity contribution >= 4 is 17.5 Å². The Morgan fingerprint density at radius 3 is 2.59 bits per heavy atom. The number of ether oxygens (including phenoxy) is 1. The summed E-state index contributed by atoms with van der Waals surface area (Å²) in [5.41, 5.74) is 2.18. The first-order chi connectivity index (χ1) is 13.0. The number of benzene rings is 2. The molecule has 0 radical (unpaired) electrons. The Hall–Kier alpha value is -2.82. The van der Waals surface area contributed by atoms with Gasteiger partial charge >= 0.3 is 0 Å². The van der Waals surface area contributed by atoms with E-state index in [2.05, 4.69) is 12.2 Å². The molecule has 0 bridgehead atoms. The predicted octanol–water partition coefficient (Wildman–Crippen LogP) is 3.88. The van der Waals surface area contributed by atoms with Crippen molar-refractivity contribution in [1.29, 1.82) is 0 Å². The Bertz CT molecular complexity index is 811. The van der Waals surface area contributed by atoms with E-state index >= 15 is 0 Å². The van der Waals surface area contributed by atoms with Gasteiger partial charge in [0.05, 0.1) is 0 Å². The number of carbonyl (C=O) groups is 2. The summed E-state index contributed by atoms with van der Waals surface area (Å²) < 4.78 is 5.57. The highest BCUT2D eigenvalue weighted by Crippen LogP contribution is 2.20. The number of nitrogens with one attached hydrogen (secondary N) is 1. The molecular formula is C22H26N2O3. The summed E-state index contributed by atoms with van der Waals surface area (Å²) >= 11 is 0. The number of likely N-dealkylation sites (tertiary alicyclic amines) is 1. The molecule has 5 nitrogen and oxygen atoms in total. The molecule has 1 aliphatic heterocycles. The topological polar surface area (TPSA) is 58.6 Å². The summed E-state index contributed by atoms with van der Waals surface area (Å²) in [7, 11) is 0. The number of hydrogen-bond acceptors (Lipinski definition) is 3. The second kappa shape index (κ2) is 8.71. The molecule has 0 atom stereocenters. The molecule has 1 heterocycles. The molecule has 0 aliphatic carbocycles. The second-order valence-corrected chi connectivity index (χ2v) is 7.16. The maximum absolute atomic E-state index is 12.7. The van der Waals surface area contributed by atoms with E-state index in [0.29, 0.717) is 22.9 Å². The number of rotatable bonds is 5. The first-order valence-electron chi connectivity index (χ1n) is 9.40. The van der Waals surface area contributed by atoms with Gasteiger partial charge in [0.1, 0.15) is 5.75 Å². The third-order valence-electron chi connectivity index (χ3n) is 4.92. The zero-order valence-electron chi connectivity index (χ0n) is 15.9. The van der Waals surface area contributed by atoms with Crippen molar-refractivity contribution in [1.82, 2.24) is 4.90 Å². The number of nitrogens with zero attached hydrogens (tertiary/aromatic N) is 1. The van der Waals surface area contributed by atoms with Gasteiger partial charge in [0.25, 0.3) is 11.8 Å². The van der Waals surface area contributed by atoms with Crippen LogP contribution < -0.4 is 10.1 Å². The first kappa shape index (κ1) is 19.0. The summed E-state index contributed by atoms with van der Waals surface area (Å²) in [5.74, 6) is 1.13. The Labute approximate surface area is 160 Å². The van der Waals surface area contributed by atoms with Crippen LogP contribution >= 0.6 is 0 Å². The summed E-state index contributed by atoms with van der Waals surface area (Å²) in [6.07, 6.45) is 2.08. The maximum atomic E-state index is 12.7. The largest absolute Gasteiger partial charge is 0.483 e. The zero-order chi connectivity index (χ0) is 19.2. The van der Waals surface area contributed by atoms with Crippen LogP contribution in [0.15, 0.2) is 48.5 Å². The summed E-state index contributed by atoms with van der Waals surface area (Å²) in [5, 5.41) is 2.80. The first-order valence-corrected chi connectivity index (χ1v) is 9.40. The average molecular weight is 366 g/mol. The third-order valence-corrected chi connectivity index (χ3v) is 4.92. The Balaban J connectivity index is 1.57. The van der Waals surface area contributed by atoms with Crippen molar-refractivity contribution in [2.75, 3.05) is 25.0 Å². The van der Waals surface area contributed by atoms with E-state index in [-0.39, 0.29) is 18.4 Å². The lowest BCUT2D eigenvalue weighted by molar-refractivity contribution is -0.118. The van der Waals surface area contributed by atoms with Gasteiger partial charge < -0.3 is 15.0 Å². The molecular weight excluding hydrogens is 340 g/mol. The van der Waals surface area contributed by atoms with Gasteiger partial charge in [0.15, 0.2) is 6.61 Å². The van der Waals surface area contributed by atoms with E-state index in [1.54, 1.807) is 24.3 Å². The van der Waals surface area contributed by atoms with E-state index in [1.165, 1.54) is 0 Å². The minimum absolute atomic E-state index is 0.0224. The molecule has 142 valence electrons. The van der Waals surface area contributed by atoms with Crippen molar-refractivity contribution in [3.8, 4) is 5.75 Å². The lowest BCUT2D eigenvalue weighted by atomic mass is 9.98. The van der Waals surface area contributed by atoms with Gasteiger partial charge in [0.2, 0.25) is 0 Å². The Morgan fingerprint density at radius 1 is 1.11 bits per heavy atom. The van der Waals surface area contributed by atoms with Crippen LogP contribution in [0.4, 0.5) is 5.69 Å². The van der Waals surface area contributed by atoms with E-state index < -0.39 is 0 Å². The highest BCUT2D eigenvalue weighted by molar-refractivity contribution is 5.97. The summed E-state index contributed by atoms with van der Waals surface area (Å²) in [6, 6.07) is 14.7. The fourth-order valence-electron chi connectivity index (χ4n) is 3.18. The Kier molecular flexibility index (Phi) is 6.12. The molecule has 1 saturated heterocycles. The van der Waals surface area contributed by atoms with E-state index in [9.17, 15) is 9.59 Å². The molecule has 0 saturated carbocycles. The number of anilines is 1. The van der Waals surface area contributed by atoms with Gasteiger partial charge in [-0.25, -0.2) is 0 Å². The van der Waals surface area contributed by atoms with Crippen molar-refractivity contribution in [2.24, 2.45) is 5.92 Å². The smallest absolute Gasteiger partial charge is 0.262 e. The molecule has 5 heteroatoms. The number of para-hydroxylation sites is 1. The molecule has 1 aliphatic rings. The van der Waals surface area contributed by atoms with Gasteiger partial charge in [-0.05, 0) is 55.5 Å². The number of hydrogen-bond donors (Lipinski definition) is 1. The monoisotopic (exact) mass is 366 g/mol. The van der Waals surface area contributed by atoms with E-state index in [4.69, 9.17) is 4.74 Å². The van der Waals surface area contributed by atoms with Crippen molar-refractivity contribution in [2.45, 2.75) is 26.7 Å². The molecule has 2 amide bonds. The van der Waals surface area contributed by atoms with Gasteiger partial charge in [-0.15, -0.1) is 0 Å². The van der Waals surface area contributed by atoms with Crippen LogP contribution in [-0.2, 0) is 4.79 Å². The number of piperidine rings is 1. The molecule has 3 rings (SSSR count). The lowest BCUT2D eigenvalue weighted by Crippen LogP contribution is -2.37. The number of aryl methyl sites for hydroxylation is 1.